The lowest BCUT2D eigenvalue weighted by Gasteiger charge is -2.31. The predicted molar refractivity (Wildman–Crippen MR) is 62.4 cm³/mol. The van der Waals surface area contributed by atoms with Crippen LogP contribution in [-0.2, 0) is 4.74 Å². The van der Waals surface area contributed by atoms with Crippen LogP contribution in [0.1, 0.15) is 20.3 Å². The van der Waals surface area contributed by atoms with Crippen LogP contribution in [0.4, 0.5) is 8.78 Å². The molecule has 1 heterocycles. The molecule has 1 N–H and O–H groups in total. The van der Waals surface area contributed by atoms with Gasteiger partial charge in [-0.05, 0) is 13.8 Å². The lowest BCUT2D eigenvalue weighted by atomic mass is 10.1. The first-order valence-corrected chi connectivity index (χ1v) is 6.38. The van der Waals surface area contributed by atoms with Gasteiger partial charge >= 0.3 is 0 Å². The van der Waals surface area contributed by atoms with Gasteiger partial charge < -0.3 is 10.1 Å². The molecule has 0 spiro atoms. The normalized spacial score (nSPS) is 33.0. The first-order valence-electron chi connectivity index (χ1n) is 6.38. The van der Waals surface area contributed by atoms with Crippen molar-refractivity contribution in [2.24, 2.45) is 5.41 Å². The summed E-state index contributed by atoms with van der Waals surface area (Å²) in [7, 11) is 0. The van der Waals surface area contributed by atoms with Crippen LogP contribution in [0.3, 0.4) is 0 Å². The zero-order chi connectivity index (χ0) is 12.5. The summed E-state index contributed by atoms with van der Waals surface area (Å²) in [5.41, 5.74) is -0.922. The molecule has 17 heavy (non-hydrogen) atoms. The minimum absolute atomic E-state index is 0.0172. The Balaban J connectivity index is 1.89. The summed E-state index contributed by atoms with van der Waals surface area (Å²) >= 11 is 0. The zero-order valence-corrected chi connectivity index (χ0v) is 10.6. The number of hydrogen-bond donors (Lipinski definition) is 1. The van der Waals surface area contributed by atoms with Gasteiger partial charge in [-0.25, -0.2) is 8.78 Å². The van der Waals surface area contributed by atoms with Gasteiger partial charge in [0.1, 0.15) is 0 Å². The highest BCUT2D eigenvalue weighted by Crippen LogP contribution is 2.61. The van der Waals surface area contributed by atoms with Gasteiger partial charge in [0.15, 0.2) is 0 Å². The molecular weight excluding hydrogens is 226 g/mol. The van der Waals surface area contributed by atoms with Crippen molar-refractivity contribution in [2.75, 3.05) is 39.3 Å². The number of alkyl halides is 2. The summed E-state index contributed by atoms with van der Waals surface area (Å²) in [4.78, 5) is 2.13. The highest BCUT2D eigenvalue weighted by atomic mass is 19.3. The van der Waals surface area contributed by atoms with E-state index in [1.807, 2.05) is 13.8 Å². The Hall–Kier alpha value is -0.260. The number of hydrogen-bond acceptors (Lipinski definition) is 3. The Labute approximate surface area is 101 Å². The van der Waals surface area contributed by atoms with Crippen LogP contribution in [0, 0.1) is 5.41 Å². The van der Waals surface area contributed by atoms with E-state index >= 15 is 0 Å². The Morgan fingerprint density at radius 3 is 2.35 bits per heavy atom. The molecule has 1 atom stereocenters. The molecule has 1 saturated carbocycles. The summed E-state index contributed by atoms with van der Waals surface area (Å²) in [5, 5.41) is 3.23. The third-order valence-corrected chi connectivity index (χ3v) is 3.64. The van der Waals surface area contributed by atoms with Crippen molar-refractivity contribution >= 4 is 0 Å². The lowest BCUT2D eigenvalue weighted by molar-refractivity contribution is -0.0261. The molecule has 0 aromatic carbocycles. The third kappa shape index (κ3) is 2.95. The van der Waals surface area contributed by atoms with Gasteiger partial charge in [-0.3, -0.25) is 4.90 Å². The van der Waals surface area contributed by atoms with E-state index in [4.69, 9.17) is 4.74 Å². The van der Waals surface area contributed by atoms with Crippen molar-refractivity contribution in [2.45, 2.75) is 32.3 Å². The van der Waals surface area contributed by atoms with Crippen molar-refractivity contribution < 1.29 is 13.5 Å². The van der Waals surface area contributed by atoms with Crippen molar-refractivity contribution in [1.29, 1.82) is 0 Å². The van der Waals surface area contributed by atoms with E-state index in [9.17, 15) is 8.78 Å². The van der Waals surface area contributed by atoms with Crippen LogP contribution >= 0.6 is 0 Å². The number of piperazine rings is 1. The third-order valence-electron chi connectivity index (χ3n) is 3.64. The van der Waals surface area contributed by atoms with Crippen LogP contribution in [-0.4, -0.2) is 56.3 Å². The van der Waals surface area contributed by atoms with E-state index in [1.165, 1.54) is 0 Å². The van der Waals surface area contributed by atoms with E-state index in [-0.39, 0.29) is 19.1 Å². The van der Waals surface area contributed by atoms with Gasteiger partial charge in [0, 0.05) is 39.1 Å². The standard InChI is InChI=1S/C12H22F2N2O/c1-10(2)17-9-11(7-12(11,13)14)8-16-5-3-15-4-6-16/h10,15H,3-9H2,1-2H3. The Kier molecular flexibility index (Phi) is 3.71. The molecule has 0 aromatic heterocycles. The van der Waals surface area contributed by atoms with Crippen LogP contribution in [0.25, 0.3) is 0 Å². The van der Waals surface area contributed by atoms with Crippen molar-refractivity contribution in [3.63, 3.8) is 0 Å². The van der Waals surface area contributed by atoms with Crippen molar-refractivity contribution in [3.8, 4) is 0 Å². The molecule has 100 valence electrons. The second-order valence-corrected chi connectivity index (χ2v) is 5.55. The zero-order valence-electron chi connectivity index (χ0n) is 10.6. The van der Waals surface area contributed by atoms with Gasteiger partial charge in [0.25, 0.3) is 5.92 Å². The predicted octanol–water partition coefficient (Wildman–Crippen LogP) is 1.34. The van der Waals surface area contributed by atoms with Crippen molar-refractivity contribution in [1.82, 2.24) is 10.2 Å². The van der Waals surface area contributed by atoms with E-state index < -0.39 is 11.3 Å². The fourth-order valence-corrected chi connectivity index (χ4v) is 2.38. The Bertz CT molecular complexity index is 267. The number of nitrogens with one attached hydrogen (secondary N) is 1. The second kappa shape index (κ2) is 4.78. The molecule has 0 radical (unpaired) electrons. The maximum absolute atomic E-state index is 13.5. The molecule has 3 nitrogen and oxygen atoms in total. The molecule has 1 aliphatic carbocycles. The minimum Gasteiger partial charge on any atom is -0.378 e. The first-order chi connectivity index (χ1) is 7.95. The van der Waals surface area contributed by atoms with E-state index in [1.54, 1.807) is 0 Å². The second-order valence-electron chi connectivity index (χ2n) is 5.55. The quantitative estimate of drug-likeness (QED) is 0.794. The van der Waals surface area contributed by atoms with Gasteiger partial charge in [0.2, 0.25) is 0 Å². The van der Waals surface area contributed by atoms with E-state index in [0.29, 0.717) is 6.54 Å². The molecule has 0 aromatic rings. The smallest absolute Gasteiger partial charge is 0.258 e. The molecule has 1 aliphatic heterocycles. The summed E-state index contributed by atoms with van der Waals surface area (Å²) in [6.45, 7) is 7.94. The van der Waals surface area contributed by atoms with Crippen LogP contribution in [0.15, 0.2) is 0 Å². The molecule has 2 aliphatic rings. The van der Waals surface area contributed by atoms with Gasteiger partial charge in [-0.1, -0.05) is 0 Å². The SMILES string of the molecule is CC(C)OCC1(CN2CCNCC2)CC1(F)F. The average Bonchev–Trinajstić information content (AvgIpc) is 2.79. The molecule has 1 unspecified atom stereocenters. The first kappa shape index (κ1) is 13.2. The molecule has 2 fully saturated rings. The highest BCUT2D eigenvalue weighted by molar-refractivity contribution is 5.12. The maximum atomic E-state index is 13.5. The van der Waals surface area contributed by atoms with Gasteiger partial charge in [-0.2, -0.15) is 0 Å². The van der Waals surface area contributed by atoms with Crippen molar-refractivity contribution in [3.05, 3.63) is 0 Å². The minimum atomic E-state index is -2.53. The Morgan fingerprint density at radius 1 is 1.29 bits per heavy atom. The van der Waals surface area contributed by atoms with Crippen LogP contribution in [0.2, 0.25) is 0 Å². The fraction of sp³-hybridized carbons (Fsp3) is 1.00. The molecule has 0 bridgehead atoms. The Morgan fingerprint density at radius 2 is 1.88 bits per heavy atom. The molecular formula is C12H22F2N2O. The summed E-state index contributed by atoms with van der Waals surface area (Å²) in [6, 6.07) is 0. The van der Waals surface area contributed by atoms with E-state index in [2.05, 4.69) is 10.2 Å². The number of halogens is 2. The molecule has 0 amide bonds. The topological polar surface area (TPSA) is 24.5 Å². The number of rotatable bonds is 5. The van der Waals surface area contributed by atoms with Crippen LogP contribution < -0.4 is 5.32 Å². The maximum Gasteiger partial charge on any atom is 0.258 e. The fourth-order valence-electron chi connectivity index (χ4n) is 2.38. The summed E-state index contributed by atoms with van der Waals surface area (Å²) < 4.78 is 32.5. The largest absolute Gasteiger partial charge is 0.378 e. The summed E-state index contributed by atoms with van der Waals surface area (Å²) in [5.74, 6) is -2.53. The van der Waals surface area contributed by atoms with Crippen LogP contribution in [0.5, 0.6) is 0 Å². The average molecular weight is 248 g/mol. The monoisotopic (exact) mass is 248 g/mol. The van der Waals surface area contributed by atoms with E-state index in [0.717, 1.165) is 26.2 Å². The molecule has 1 saturated heterocycles. The molecule has 5 heteroatoms. The van der Waals surface area contributed by atoms with Gasteiger partial charge in [-0.15, -0.1) is 0 Å². The lowest BCUT2D eigenvalue weighted by Crippen LogP contribution is -2.47. The highest BCUT2D eigenvalue weighted by Gasteiger charge is 2.71. The van der Waals surface area contributed by atoms with Gasteiger partial charge in [0.05, 0.1) is 18.1 Å². The summed E-state index contributed by atoms with van der Waals surface area (Å²) in [6.07, 6.45) is 0.00251. The number of nitrogens with zero attached hydrogens (tertiary/aromatic N) is 1. The number of ether oxygens (including phenoxy) is 1. The molecule has 2 rings (SSSR count).